The Morgan fingerprint density at radius 3 is 1.60 bits per heavy atom. The van der Waals surface area contributed by atoms with E-state index in [9.17, 15) is 0 Å². The molecule has 0 aromatic heterocycles. The fraction of sp³-hybridized carbons (Fsp3) is 0.600. The minimum atomic E-state index is 0.198. The van der Waals surface area contributed by atoms with Gasteiger partial charge in [0.05, 0.1) is 0 Å². The molecule has 2 atom stereocenters. The second-order valence-electron chi connectivity index (χ2n) is 8.80. The molecular weight excluding hydrogens is 360 g/mol. The fourth-order valence-corrected chi connectivity index (χ4v) is 2.94. The van der Waals surface area contributed by atoms with Crippen molar-refractivity contribution in [3.63, 3.8) is 0 Å². The number of allylic oxidation sites excluding steroid dienone is 7. The van der Waals surface area contributed by atoms with Crippen molar-refractivity contribution in [1.29, 1.82) is 0 Å². The first-order valence-electron chi connectivity index (χ1n) is 11.6. The highest BCUT2D eigenvalue weighted by Crippen LogP contribution is 2.41. The van der Waals surface area contributed by atoms with Gasteiger partial charge >= 0.3 is 0 Å². The molecule has 0 spiro atoms. The summed E-state index contributed by atoms with van der Waals surface area (Å²) in [7, 11) is 0. The highest BCUT2D eigenvalue weighted by molar-refractivity contribution is 5.32. The molecule has 0 aromatic carbocycles. The van der Waals surface area contributed by atoms with Gasteiger partial charge in [-0.25, -0.2) is 0 Å². The minimum Gasteiger partial charge on any atom is -0.106 e. The van der Waals surface area contributed by atoms with Gasteiger partial charge in [0.25, 0.3) is 0 Å². The summed E-state index contributed by atoms with van der Waals surface area (Å²) in [6, 6.07) is 0. The maximum absolute atomic E-state index is 4.04. The van der Waals surface area contributed by atoms with Crippen molar-refractivity contribution in [3.8, 4) is 0 Å². The number of rotatable bonds is 9. The van der Waals surface area contributed by atoms with Crippen LogP contribution in [0.5, 0.6) is 0 Å². The molecule has 0 aliphatic heterocycles. The van der Waals surface area contributed by atoms with Crippen LogP contribution in [0.3, 0.4) is 0 Å². The van der Waals surface area contributed by atoms with Crippen LogP contribution in [0.25, 0.3) is 0 Å². The average Bonchev–Trinajstić information content (AvgIpc) is 2.69. The molecule has 0 N–H and O–H groups in total. The molecule has 0 aliphatic carbocycles. The first-order valence-corrected chi connectivity index (χ1v) is 11.6. The minimum absolute atomic E-state index is 0.198. The van der Waals surface area contributed by atoms with Gasteiger partial charge in [-0.05, 0) is 69.8 Å². The third-order valence-electron chi connectivity index (χ3n) is 5.21. The van der Waals surface area contributed by atoms with E-state index in [4.69, 9.17) is 0 Å². The summed E-state index contributed by atoms with van der Waals surface area (Å²) >= 11 is 0. The summed E-state index contributed by atoms with van der Waals surface area (Å²) in [5.74, 6) is 1.43. The third-order valence-corrected chi connectivity index (χ3v) is 5.21. The van der Waals surface area contributed by atoms with E-state index in [2.05, 4.69) is 127 Å². The Hall–Kier alpha value is -1.56. The maximum Gasteiger partial charge on any atom is -0.00209 e. The average molecular weight is 417 g/mol. The Bertz CT molecular complexity index is 506. The van der Waals surface area contributed by atoms with Gasteiger partial charge in [-0.2, -0.15) is 0 Å². The molecule has 0 fully saturated rings. The van der Waals surface area contributed by atoms with Crippen LogP contribution in [0.2, 0.25) is 0 Å². The highest BCUT2D eigenvalue weighted by atomic mass is 14.3. The Morgan fingerprint density at radius 2 is 1.33 bits per heavy atom. The zero-order valence-corrected chi connectivity index (χ0v) is 22.8. The van der Waals surface area contributed by atoms with Gasteiger partial charge in [0, 0.05) is 0 Å². The molecule has 0 heteroatoms. The SMILES string of the molecule is C=C.C=C.C=C(C)C/C(C)=C\C(=C/CC)C(C)(CC)C(C)C=C(C)C.CCC(C)C. The number of hydrogen-bond acceptors (Lipinski definition) is 0. The second kappa shape index (κ2) is 22.1. The number of hydrogen-bond donors (Lipinski definition) is 0. The van der Waals surface area contributed by atoms with E-state index in [1.54, 1.807) is 0 Å². The molecule has 0 amide bonds. The molecule has 0 bridgehead atoms. The molecule has 0 radical (unpaired) electrons. The van der Waals surface area contributed by atoms with E-state index >= 15 is 0 Å². The van der Waals surface area contributed by atoms with Crippen LogP contribution < -0.4 is 0 Å². The van der Waals surface area contributed by atoms with Crippen molar-refractivity contribution in [3.05, 3.63) is 73.4 Å². The van der Waals surface area contributed by atoms with E-state index in [0.717, 1.165) is 25.2 Å². The molecule has 0 saturated carbocycles. The zero-order chi connectivity index (χ0) is 24.9. The van der Waals surface area contributed by atoms with Crippen LogP contribution in [0, 0.1) is 17.3 Å². The van der Waals surface area contributed by atoms with Gasteiger partial charge < -0.3 is 0 Å². The Kier molecular flexibility index (Phi) is 26.4. The lowest BCUT2D eigenvalue weighted by Crippen LogP contribution is -2.25. The van der Waals surface area contributed by atoms with Gasteiger partial charge in [-0.1, -0.05) is 96.4 Å². The van der Waals surface area contributed by atoms with E-state index in [0.29, 0.717) is 5.92 Å². The molecule has 0 nitrogen and oxygen atoms in total. The molecule has 0 aliphatic rings. The summed E-state index contributed by atoms with van der Waals surface area (Å²) in [4.78, 5) is 0. The van der Waals surface area contributed by atoms with Crippen molar-refractivity contribution in [2.75, 3.05) is 0 Å². The van der Waals surface area contributed by atoms with Gasteiger partial charge in [0.2, 0.25) is 0 Å². The van der Waals surface area contributed by atoms with Crippen LogP contribution in [0.1, 0.15) is 102 Å². The normalized spacial score (nSPS) is 13.9. The lowest BCUT2D eigenvalue weighted by atomic mass is 9.69. The first kappa shape index (κ1) is 35.9. The summed E-state index contributed by atoms with van der Waals surface area (Å²) < 4.78 is 0. The third kappa shape index (κ3) is 18.5. The Morgan fingerprint density at radius 1 is 0.900 bits per heavy atom. The molecule has 30 heavy (non-hydrogen) atoms. The lowest BCUT2D eigenvalue weighted by Gasteiger charge is -2.36. The lowest BCUT2D eigenvalue weighted by molar-refractivity contribution is 0.298. The van der Waals surface area contributed by atoms with Crippen molar-refractivity contribution >= 4 is 0 Å². The van der Waals surface area contributed by atoms with Gasteiger partial charge in [0.15, 0.2) is 0 Å². The fourth-order valence-electron chi connectivity index (χ4n) is 2.94. The largest absolute Gasteiger partial charge is 0.106 e. The molecule has 0 rings (SSSR count). The van der Waals surface area contributed by atoms with Crippen molar-refractivity contribution in [2.24, 2.45) is 17.3 Å². The quantitative estimate of drug-likeness (QED) is 0.259. The topological polar surface area (TPSA) is 0 Å². The zero-order valence-electron chi connectivity index (χ0n) is 22.8. The van der Waals surface area contributed by atoms with E-state index in [-0.39, 0.29) is 5.41 Å². The smallest absolute Gasteiger partial charge is 0.00209 e. The van der Waals surface area contributed by atoms with Crippen LogP contribution in [0.15, 0.2) is 73.4 Å². The van der Waals surface area contributed by atoms with E-state index in [1.807, 2.05) is 0 Å². The monoisotopic (exact) mass is 416 g/mol. The molecule has 0 aromatic rings. The maximum atomic E-state index is 4.04. The van der Waals surface area contributed by atoms with Gasteiger partial charge in [-0.15, -0.1) is 26.3 Å². The molecule has 176 valence electrons. The first-order chi connectivity index (χ1) is 13.9. The Labute approximate surface area is 192 Å². The predicted octanol–water partition coefficient (Wildman–Crippen LogP) is 10.9. The van der Waals surface area contributed by atoms with Crippen LogP contribution >= 0.6 is 0 Å². The molecule has 0 saturated heterocycles. The van der Waals surface area contributed by atoms with Crippen LogP contribution in [-0.4, -0.2) is 0 Å². The van der Waals surface area contributed by atoms with E-state index in [1.165, 1.54) is 28.7 Å². The van der Waals surface area contributed by atoms with Crippen LogP contribution in [0.4, 0.5) is 0 Å². The summed E-state index contributed by atoms with van der Waals surface area (Å²) in [6.45, 7) is 40.7. The molecular formula is C30H56. The van der Waals surface area contributed by atoms with Crippen molar-refractivity contribution < 1.29 is 0 Å². The second-order valence-corrected chi connectivity index (χ2v) is 8.80. The molecule has 2 unspecified atom stereocenters. The molecule has 0 heterocycles. The van der Waals surface area contributed by atoms with Crippen molar-refractivity contribution in [2.45, 2.75) is 102 Å². The van der Waals surface area contributed by atoms with E-state index < -0.39 is 0 Å². The van der Waals surface area contributed by atoms with Crippen LogP contribution in [-0.2, 0) is 0 Å². The standard InChI is InChI=1S/C21H36.C5H12.2C2H4/c1-10-12-20(15-18(7)13-16(3)4)21(9,11-2)19(8)14-17(5)6;1-4-5(2)3;2*1-2/h12,14-15,19H,3,10-11,13H2,1-2,4-9H3;5H,4H2,1-3H3;2*1-2H2/b18-15-,20-12+;;;. The summed E-state index contributed by atoms with van der Waals surface area (Å²) in [5.41, 5.74) is 5.72. The Balaban J connectivity index is -0.000000319. The summed E-state index contributed by atoms with van der Waals surface area (Å²) in [5, 5.41) is 0. The van der Waals surface area contributed by atoms with Crippen molar-refractivity contribution in [1.82, 2.24) is 0 Å². The predicted molar refractivity (Wildman–Crippen MR) is 146 cm³/mol. The van der Waals surface area contributed by atoms with Gasteiger partial charge in [0.1, 0.15) is 0 Å². The summed E-state index contributed by atoms with van der Waals surface area (Å²) in [6.07, 6.45) is 11.8. The van der Waals surface area contributed by atoms with Gasteiger partial charge in [-0.3, -0.25) is 0 Å². The highest BCUT2D eigenvalue weighted by Gasteiger charge is 2.30.